The number of nitrogens with one attached hydrogen (secondary N) is 2. The van der Waals surface area contributed by atoms with Gasteiger partial charge < -0.3 is 25.9 Å². The van der Waals surface area contributed by atoms with Crippen LogP contribution in [0.1, 0.15) is 28.5 Å². The molecule has 1 aliphatic rings. The number of nitrogens with two attached hydrogens (primary N) is 1. The number of pyridine rings is 1. The molecule has 2 aromatic heterocycles. The highest BCUT2D eigenvalue weighted by atomic mass is 19.4. The van der Waals surface area contributed by atoms with E-state index in [1.165, 1.54) is 25.1 Å². The molecule has 0 radical (unpaired) electrons. The molecular formula is C27H22F4N4O4. The molecule has 5 N–H and O–H groups in total. The van der Waals surface area contributed by atoms with Gasteiger partial charge in [0.2, 0.25) is 11.5 Å². The van der Waals surface area contributed by atoms with Crippen LogP contribution in [-0.4, -0.2) is 46.2 Å². The van der Waals surface area contributed by atoms with Gasteiger partial charge in [-0.15, -0.1) is 0 Å². The maximum Gasteiger partial charge on any atom is 0.424 e. The normalized spacial score (nSPS) is 18.3. The summed E-state index contributed by atoms with van der Waals surface area (Å²) in [6.07, 6.45) is -3.74. The zero-order valence-corrected chi connectivity index (χ0v) is 20.4. The molecule has 1 unspecified atom stereocenters. The summed E-state index contributed by atoms with van der Waals surface area (Å²) in [6, 6.07) is 12.0. The Morgan fingerprint density at radius 3 is 2.56 bits per heavy atom. The van der Waals surface area contributed by atoms with Crippen LogP contribution in [0.15, 0.2) is 60.8 Å². The summed E-state index contributed by atoms with van der Waals surface area (Å²) in [7, 11) is 0. The van der Waals surface area contributed by atoms with Gasteiger partial charge in [0.05, 0.1) is 23.3 Å². The zero-order valence-electron chi connectivity index (χ0n) is 20.4. The van der Waals surface area contributed by atoms with E-state index in [0.717, 1.165) is 18.2 Å². The van der Waals surface area contributed by atoms with Crippen molar-refractivity contribution in [2.75, 3.05) is 13.2 Å². The Labute approximate surface area is 218 Å². The molecule has 8 nitrogen and oxygen atoms in total. The van der Waals surface area contributed by atoms with Gasteiger partial charge in [-0.3, -0.25) is 9.59 Å². The van der Waals surface area contributed by atoms with E-state index in [9.17, 15) is 32.3 Å². The number of para-hydroxylation sites is 1. The van der Waals surface area contributed by atoms with Gasteiger partial charge >= 0.3 is 6.18 Å². The minimum atomic E-state index is -5.32. The van der Waals surface area contributed by atoms with Gasteiger partial charge in [-0.2, -0.15) is 13.2 Å². The van der Waals surface area contributed by atoms with Crippen LogP contribution < -0.4 is 15.8 Å². The molecule has 2 aromatic carbocycles. The largest absolute Gasteiger partial charge is 0.489 e. The van der Waals surface area contributed by atoms with Gasteiger partial charge in [0.1, 0.15) is 29.3 Å². The minimum Gasteiger partial charge on any atom is -0.489 e. The van der Waals surface area contributed by atoms with Crippen LogP contribution in [-0.2, 0) is 15.8 Å². The van der Waals surface area contributed by atoms with Gasteiger partial charge in [0.15, 0.2) is 0 Å². The van der Waals surface area contributed by atoms with Crippen molar-refractivity contribution >= 4 is 22.7 Å². The van der Waals surface area contributed by atoms with Crippen molar-refractivity contribution in [1.82, 2.24) is 15.3 Å². The number of benzene rings is 2. The van der Waals surface area contributed by atoms with Crippen LogP contribution in [0.5, 0.6) is 5.75 Å². The molecule has 39 heavy (non-hydrogen) atoms. The summed E-state index contributed by atoms with van der Waals surface area (Å²) in [5.41, 5.74) is -0.0733. The summed E-state index contributed by atoms with van der Waals surface area (Å²) < 4.78 is 62.8. The van der Waals surface area contributed by atoms with Gasteiger partial charge in [0, 0.05) is 22.7 Å². The number of H-pyrrole nitrogens is 1. The maximum atomic E-state index is 14.5. The lowest BCUT2D eigenvalue weighted by atomic mass is 9.81. The van der Waals surface area contributed by atoms with Crippen molar-refractivity contribution < 1.29 is 37.0 Å². The van der Waals surface area contributed by atoms with Crippen molar-refractivity contribution in [2.45, 2.75) is 24.1 Å². The molecule has 5 rings (SSSR count). The van der Waals surface area contributed by atoms with E-state index in [2.05, 4.69) is 15.3 Å². The summed E-state index contributed by atoms with van der Waals surface area (Å²) in [5, 5.41) is 13.9. The number of aliphatic hydroxyl groups is 1. The number of ether oxygens (including phenoxy) is 1. The molecule has 0 saturated carbocycles. The quantitative estimate of drug-likeness (QED) is 0.276. The third-order valence-corrected chi connectivity index (χ3v) is 6.96. The zero-order chi connectivity index (χ0) is 28.2. The Hall–Kier alpha value is -4.45. The SMILES string of the molecule is C[C@]1(C(N)=O)COc2c1cc(C(O)(CNC(=O)c1cccc3cc[nH]c13)C(F)(F)F)nc2-c1ccc(F)cc1. The molecule has 2 atom stereocenters. The Kier molecular flexibility index (Phi) is 6.10. The van der Waals surface area contributed by atoms with Gasteiger partial charge in [-0.25, -0.2) is 9.37 Å². The Balaban J connectivity index is 1.62. The molecule has 2 amide bonds. The van der Waals surface area contributed by atoms with Crippen LogP contribution >= 0.6 is 0 Å². The van der Waals surface area contributed by atoms with E-state index in [1.54, 1.807) is 24.4 Å². The highest BCUT2D eigenvalue weighted by Gasteiger charge is 2.57. The predicted molar refractivity (Wildman–Crippen MR) is 132 cm³/mol. The fourth-order valence-electron chi connectivity index (χ4n) is 4.52. The highest BCUT2D eigenvalue weighted by Crippen LogP contribution is 2.47. The summed E-state index contributed by atoms with van der Waals surface area (Å²) in [6.45, 7) is -0.182. The van der Waals surface area contributed by atoms with Crippen molar-refractivity contribution in [3.8, 4) is 17.0 Å². The lowest BCUT2D eigenvalue weighted by Crippen LogP contribution is -2.51. The van der Waals surface area contributed by atoms with E-state index >= 15 is 0 Å². The van der Waals surface area contributed by atoms with Crippen LogP contribution in [0, 0.1) is 5.82 Å². The lowest BCUT2D eigenvalue weighted by molar-refractivity contribution is -0.265. The number of nitrogens with zero attached hydrogens (tertiary/aromatic N) is 1. The Bertz CT molecular complexity index is 1600. The first kappa shape index (κ1) is 26.2. The third-order valence-electron chi connectivity index (χ3n) is 6.96. The third kappa shape index (κ3) is 4.26. The van der Waals surface area contributed by atoms with Crippen molar-refractivity contribution in [1.29, 1.82) is 0 Å². The summed E-state index contributed by atoms with van der Waals surface area (Å²) in [4.78, 5) is 32.2. The van der Waals surface area contributed by atoms with Crippen LogP contribution in [0.4, 0.5) is 17.6 Å². The fraction of sp³-hybridized carbons (Fsp3) is 0.222. The van der Waals surface area contributed by atoms with Crippen LogP contribution in [0.2, 0.25) is 0 Å². The van der Waals surface area contributed by atoms with E-state index in [0.29, 0.717) is 10.9 Å². The molecule has 1 aliphatic heterocycles. The van der Waals surface area contributed by atoms with E-state index < -0.39 is 47.1 Å². The van der Waals surface area contributed by atoms with Crippen LogP contribution in [0.25, 0.3) is 22.2 Å². The van der Waals surface area contributed by atoms with Crippen molar-refractivity contribution in [3.05, 3.63) is 83.4 Å². The molecule has 12 heteroatoms. The smallest absolute Gasteiger partial charge is 0.424 e. The number of carbonyl (C=O) groups excluding carboxylic acids is 2. The fourth-order valence-corrected chi connectivity index (χ4v) is 4.52. The second-order valence-electron chi connectivity index (χ2n) is 9.51. The standard InChI is InChI=1S/C27H22F4N4O4/c1-25(24(32)37)13-39-22-18(25)11-19(35-21(22)15-5-7-16(28)8-6-15)26(38,27(29,30)31)12-34-23(36)17-4-2-3-14-9-10-33-20(14)17/h2-11,33,38H,12-13H2,1H3,(H2,32,37)(H,34,36)/t25-,26?/m0/s1. The predicted octanol–water partition coefficient (Wildman–Crippen LogP) is 3.68. The molecule has 3 heterocycles. The second-order valence-corrected chi connectivity index (χ2v) is 9.51. The van der Waals surface area contributed by atoms with E-state index in [4.69, 9.17) is 10.5 Å². The van der Waals surface area contributed by atoms with E-state index in [1.807, 2.05) is 0 Å². The first-order valence-corrected chi connectivity index (χ1v) is 11.7. The molecular weight excluding hydrogens is 520 g/mol. The number of hydrogen-bond donors (Lipinski definition) is 4. The molecule has 4 aromatic rings. The monoisotopic (exact) mass is 542 g/mol. The molecule has 0 bridgehead atoms. The average molecular weight is 542 g/mol. The van der Waals surface area contributed by atoms with Crippen molar-refractivity contribution in [2.24, 2.45) is 5.73 Å². The number of carbonyl (C=O) groups is 2. The van der Waals surface area contributed by atoms with Crippen LogP contribution in [0.3, 0.4) is 0 Å². The number of aromatic amines is 1. The Morgan fingerprint density at radius 2 is 1.90 bits per heavy atom. The van der Waals surface area contributed by atoms with E-state index in [-0.39, 0.29) is 34.7 Å². The first-order chi connectivity index (χ1) is 18.3. The number of fused-ring (bicyclic) bond motifs is 2. The maximum absolute atomic E-state index is 14.5. The lowest BCUT2D eigenvalue weighted by Gasteiger charge is -2.31. The summed E-state index contributed by atoms with van der Waals surface area (Å²) >= 11 is 0. The van der Waals surface area contributed by atoms with Crippen molar-refractivity contribution in [3.63, 3.8) is 0 Å². The number of alkyl halides is 3. The number of primary amides is 1. The molecule has 0 saturated heterocycles. The van der Waals surface area contributed by atoms with Gasteiger partial charge in [-0.1, -0.05) is 12.1 Å². The first-order valence-electron chi connectivity index (χ1n) is 11.7. The minimum absolute atomic E-state index is 0.0151. The molecule has 0 spiro atoms. The average Bonchev–Trinajstić information content (AvgIpc) is 3.52. The molecule has 0 aliphatic carbocycles. The molecule has 0 fully saturated rings. The number of amides is 2. The topological polar surface area (TPSA) is 130 Å². The highest BCUT2D eigenvalue weighted by molar-refractivity contribution is 6.05. The number of halogens is 4. The number of rotatable bonds is 6. The summed E-state index contributed by atoms with van der Waals surface area (Å²) in [5.74, 6) is -2.35. The second kappa shape index (κ2) is 9.09. The number of aromatic nitrogens is 2. The number of hydrogen-bond acceptors (Lipinski definition) is 5. The molecule has 202 valence electrons. The Morgan fingerprint density at radius 1 is 1.18 bits per heavy atom. The van der Waals surface area contributed by atoms with Gasteiger partial charge in [-0.05, 0) is 49.4 Å². The van der Waals surface area contributed by atoms with Gasteiger partial charge in [0.25, 0.3) is 5.91 Å².